The number of rotatable bonds is 4. The monoisotopic (exact) mass is 458 g/mol. The summed E-state index contributed by atoms with van der Waals surface area (Å²) in [5.41, 5.74) is 0.620. The third kappa shape index (κ3) is 3.47. The Kier molecular flexibility index (Phi) is 4.80. The van der Waals surface area contributed by atoms with Gasteiger partial charge in [0.1, 0.15) is 6.04 Å². The fourth-order valence-electron chi connectivity index (χ4n) is 4.12. The molecule has 5 heterocycles. The number of fused-ring (bicyclic) bond motifs is 2. The Balaban J connectivity index is 1.63. The number of carbonyl (C=O) groups excluding carboxylic acids is 1. The van der Waals surface area contributed by atoms with Crippen LogP contribution in [0.25, 0.3) is 5.52 Å². The third-order valence-electron chi connectivity index (χ3n) is 5.72. The van der Waals surface area contributed by atoms with E-state index < -0.39 is 41.4 Å². The summed E-state index contributed by atoms with van der Waals surface area (Å²) in [6.07, 6.45) is -1.15. The molecule has 11 heteroatoms. The molecule has 8 nitrogen and oxygen atoms in total. The number of nitrogens with one attached hydrogen (secondary N) is 1. The fourth-order valence-corrected chi connectivity index (χ4v) is 4.12. The van der Waals surface area contributed by atoms with Crippen LogP contribution in [0.5, 0.6) is 0 Å². The van der Waals surface area contributed by atoms with Crippen molar-refractivity contribution in [3.05, 3.63) is 70.7 Å². The van der Waals surface area contributed by atoms with Crippen molar-refractivity contribution in [3.63, 3.8) is 0 Å². The van der Waals surface area contributed by atoms with Gasteiger partial charge in [0.05, 0.1) is 23.2 Å². The number of imidazole rings is 1. The van der Waals surface area contributed by atoms with E-state index in [1.54, 1.807) is 4.52 Å². The number of alkyl halides is 3. The van der Waals surface area contributed by atoms with Crippen molar-refractivity contribution in [1.29, 1.82) is 0 Å². The molecule has 4 aromatic heterocycles. The van der Waals surface area contributed by atoms with Crippen LogP contribution in [-0.2, 0) is 12.1 Å². The van der Waals surface area contributed by atoms with Gasteiger partial charge < -0.3 is 14.3 Å². The maximum atomic E-state index is 14.4. The van der Waals surface area contributed by atoms with Crippen molar-refractivity contribution in [2.45, 2.75) is 45.3 Å². The van der Waals surface area contributed by atoms with Gasteiger partial charge in [-0.3, -0.25) is 4.79 Å². The van der Waals surface area contributed by atoms with Crippen LogP contribution in [0, 0.1) is 6.92 Å². The number of hydrogen-bond acceptors (Lipinski definition) is 5. The molecule has 0 unspecified atom stereocenters. The molecule has 1 aliphatic rings. The average Bonchev–Trinajstić information content (AvgIpc) is 3.49. The largest absolute Gasteiger partial charge is 0.431 e. The first-order chi connectivity index (χ1) is 15.6. The molecule has 1 aliphatic heterocycles. The van der Waals surface area contributed by atoms with Gasteiger partial charge in [-0.05, 0) is 39.0 Å². The minimum Gasteiger partial charge on any atom is -0.431 e. The smallest absolute Gasteiger partial charge is 0.292 e. The molecule has 0 aromatic carbocycles. The summed E-state index contributed by atoms with van der Waals surface area (Å²) in [6, 6.07) is 6.75. The molecule has 1 atom stereocenters. The zero-order valence-corrected chi connectivity index (χ0v) is 18.1. The minimum atomic E-state index is -3.11. The SMILES string of the molecule is Cc1cccc2cc([C@@H]3c4nc[nH]c4CCN3C(=O)c3oc(C(C)(C)F)nc3C(F)F)nn12. The Hall–Kier alpha value is -3.63. The van der Waals surface area contributed by atoms with Gasteiger partial charge in [0.25, 0.3) is 12.3 Å². The van der Waals surface area contributed by atoms with E-state index in [2.05, 4.69) is 20.1 Å². The molecule has 0 saturated carbocycles. The highest BCUT2D eigenvalue weighted by molar-refractivity contribution is 5.93. The van der Waals surface area contributed by atoms with Gasteiger partial charge in [0.2, 0.25) is 11.7 Å². The van der Waals surface area contributed by atoms with Crippen LogP contribution in [-0.4, -0.2) is 41.9 Å². The summed E-state index contributed by atoms with van der Waals surface area (Å²) in [5.74, 6) is -2.06. The molecule has 0 fully saturated rings. The van der Waals surface area contributed by atoms with E-state index >= 15 is 0 Å². The maximum Gasteiger partial charge on any atom is 0.292 e. The molecular formula is C22H21F3N6O2. The molecule has 0 radical (unpaired) electrons. The number of halogens is 3. The van der Waals surface area contributed by atoms with Crippen molar-refractivity contribution >= 4 is 11.4 Å². The van der Waals surface area contributed by atoms with E-state index in [4.69, 9.17) is 4.42 Å². The number of amides is 1. The lowest BCUT2D eigenvalue weighted by Gasteiger charge is -2.33. The number of oxazole rings is 1. The summed E-state index contributed by atoms with van der Waals surface area (Å²) in [4.78, 5) is 25.9. The molecule has 1 N–H and O–H groups in total. The van der Waals surface area contributed by atoms with Crippen LogP contribution in [0.4, 0.5) is 13.2 Å². The summed E-state index contributed by atoms with van der Waals surface area (Å²) in [5, 5.41) is 4.66. The van der Waals surface area contributed by atoms with E-state index in [1.807, 2.05) is 31.2 Å². The third-order valence-corrected chi connectivity index (χ3v) is 5.72. The van der Waals surface area contributed by atoms with Crippen LogP contribution in [0.1, 0.15) is 71.2 Å². The quantitative estimate of drug-likeness (QED) is 0.493. The lowest BCUT2D eigenvalue weighted by atomic mass is 9.99. The van der Waals surface area contributed by atoms with Gasteiger partial charge in [0, 0.05) is 24.4 Å². The standard InChI is InChI=1S/C22H21F3N6O2/c1-11-5-4-6-12-9-14(29-31(11)12)17-15-13(26-10-27-15)7-8-30(17)20(32)18-16(19(23)24)28-21(33-18)22(2,3)25/h4-6,9-10,17,19H,7-8H2,1-3H3,(H,26,27)/t17-/m1/s1. The number of aryl methyl sites for hydroxylation is 1. The Labute approximate surface area is 186 Å². The first kappa shape index (κ1) is 21.2. The second-order valence-corrected chi connectivity index (χ2v) is 8.50. The number of aromatic nitrogens is 5. The summed E-state index contributed by atoms with van der Waals surface area (Å²) >= 11 is 0. The van der Waals surface area contributed by atoms with Gasteiger partial charge in [-0.2, -0.15) is 5.10 Å². The molecule has 33 heavy (non-hydrogen) atoms. The molecule has 1 amide bonds. The second-order valence-electron chi connectivity index (χ2n) is 8.50. The fraction of sp³-hybridized carbons (Fsp3) is 0.364. The van der Waals surface area contributed by atoms with Crippen molar-refractivity contribution in [2.75, 3.05) is 6.54 Å². The molecule has 0 spiro atoms. The van der Waals surface area contributed by atoms with Gasteiger partial charge in [-0.25, -0.2) is 27.7 Å². The second kappa shape index (κ2) is 7.46. The number of nitrogens with zero attached hydrogens (tertiary/aromatic N) is 5. The predicted molar refractivity (Wildman–Crippen MR) is 111 cm³/mol. The number of pyridine rings is 1. The van der Waals surface area contributed by atoms with E-state index in [0.29, 0.717) is 17.8 Å². The van der Waals surface area contributed by atoms with Gasteiger partial charge in [-0.1, -0.05) is 6.07 Å². The lowest BCUT2D eigenvalue weighted by Crippen LogP contribution is -2.41. The van der Waals surface area contributed by atoms with Crippen LogP contribution < -0.4 is 0 Å². The molecule has 172 valence electrons. The highest BCUT2D eigenvalue weighted by Crippen LogP contribution is 2.37. The maximum absolute atomic E-state index is 14.4. The van der Waals surface area contributed by atoms with Crippen LogP contribution in [0.3, 0.4) is 0 Å². The van der Waals surface area contributed by atoms with Crippen molar-refractivity contribution < 1.29 is 22.4 Å². The normalized spacial score (nSPS) is 16.6. The first-order valence-corrected chi connectivity index (χ1v) is 10.4. The Morgan fingerprint density at radius 3 is 2.82 bits per heavy atom. The first-order valence-electron chi connectivity index (χ1n) is 10.4. The number of hydrogen-bond donors (Lipinski definition) is 1. The molecule has 0 saturated heterocycles. The van der Waals surface area contributed by atoms with E-state index in [9.17, 15) is 18.0 Å². The number of aromatic amines is 1. The average molecular weight is 458 g/mol. The lowest BCUT2D eigenvalue weighted by molar-refractivity contribution is 0.0630. The minimum absolute atomic E-state index is 0.198. The van der Waals surface area contributed by atoms with E-state index in [-0.39, 0.29) is 6.54 Å². The van der Waals surface area contributed by atoms with Crippen LogP contribution >= 0.6 is 0 Å². The number of carbonyl (C=O) groups is 1. The van der Waals surface area contributed by atoms with E-state index in [1.165, 1.54) is 11.2 Å². The summed E-state index contributed by atoms with van der Waals surface area (Å²) in [7, 11) is 0. The van der Waals surface area contributed by atoms with Crippen molar-refractivity contribution in [2.24, 2.45) is 0 Å². The summed E-state index contributed by atoms with van der Waals surface area (Å²) < 4.78 is 48.8. The van der Waals surface area contributed by atoms with Gasteiger partial charge in [-0.15, -0.1) is 0 Å². The van der Waals surface area contributed by atoms with Crippen molar-refractivity contribution in [3.8, 4) is 0 Å². The highest BCUT2D eigenvalue weighted by Gasteiger charge is 2.41. The van der Waals surface area contributed by atoms with Gasteiger partial charge in [0.15, 0.2) is 11.4 Å². The Bertz CT molecular complexity index is 1350. The Morgan fingerprint density at radius 1 is 1.33 bits per heavy atom. The highest BCUT2D eigenvalue weighted by atomic mass is 19.3. The zero-order chi connectivity index (χ0) is 23.5. The molecule has 5 rings (SSSR count). The van der Waals surface area contributed by atoms with Crippen LogP contribution in [0.15, 0.2) is 35.0 Å². The molecular weight excluding hydrogens is 437 g/mol. The Morgan fingerprint density at radius 2 is 2.12 bits per heavy atom. The zero-order valence-electron chi connectivity index (χ0n) is 18.1. The topological polar surface area (TPSA) is 92.3 Å². The molecule has 0 bridgehead atoms. The summed E-state index contributed by atoms with van der Waals surface area (Å²) in [6.45, 7) is 4.35. The van der Waals surface area contributed by atoms with Crippen LogP contribution in [0.2, 0.25) is 0 Å². The van der Waals surface area contributed by atoms with Crippen molar-refractivity contribution in [1.82, 2.24) is 29.5 Å². The molecule has 4 aromatic rings. The van der Waals surface area contributed by atoms with E-state index in [0.717, 1.165) is 30.8 Å². The molecule has 0 aliphatic carbocycles. The van der Waals surface area contributed by atoms with Gasteiger partial charge >= 0.3 is 0 Å². The predicted octanol–water partition coefficient (Wildman–Crippen LogP) is 4.28. The number of H-pyrrole nitrogens is 1.